The minimum atomic E-state index is 0. The third-order valence-electron chi connectivity index (χ3n) is 8.14. The van der Waals surface area contributed by atoms with E-state index in [9.17, 15) is 0 Å². The first-order chi connectivity index (χ1) is 21.6. The summed E-state index contributed by atoms with van der Waals surface area (Å²) in [5, 5.41) is 5.25. The molecule has 0 amide bonds. The van der Waals surface area contributed by atoms with Crippen molar-refractivity contribution in [3.8, 4) is 28.0 Å². The van der Waals surface area contributed by atoms with Gasteiger partial charge >= 0.3 is 41.6 Å². The molecule has 48 heavy (non-hydrogen) atoms. The predicted octanol–water partition coefficient (Wildman–Crippen LogP) is 13.3. The van der Waals surface area contributed by atoms with Crippen LogP contribution in [0.4, 0.5) is 0 Å². The number of aryl methyl sites for hydroxylation is 2. The summed E-state index contributed by atoms with van der Waals surface area (Å²) >= 11 is 1.45. The van der Waals surface area contributed by atoms with Crippen LogP contribution in [0.25, 0.3) is 43.8 Å². The molecule has 5 heteroatoms. The van der Waals surface area contributed by atoms with E-state index in [1.54, 1.807) is 7.11 Å². The van der Waals surface area contributed by atoms with Crippen LogP contribution in [0.2, 0.25) is 13.1 Å². The molecule has 0 spiro atoms. The quantitative estimate of drug-likeness (QED) is 0.127. The van der Waals surface area contributed by atoms with Crippen molar-refractivity contribution in [2.75, 3.05) is 7.11 Å². The van der Waals surface area contributed by atoms with Crippen LogP contribution in [0, 0.1) is 13.8 Å². The number of benzene rings is 4. The Morgan fingerprint density at radius 3 is 1.69 bits per heavy atom. The van der Waals surface area contributed by atoms with Crippen molar-refractivity contribution < 1.29 is 27.7 Å². The molecule has 0 radical (unpaired) electrons. The first-order valence-corrected chi connectivity index (χ1v) is 24.1. The topological polar surface area (TPSA) is 9.23 Å². The van der Waals surface area contributed by atoms with Gasteiger partial charge in [-0.1, -0.05) is 122 Å². The number of rotatable bonds is 3. The summed E-state index contributed by atoms with van der Waals surface area (Å²) in [6.45, 7) is 22.4. The van der Waals surface area contributed by atoms with Gasteiger partial charge in [0.15, 0.2) is 0 Å². The summed E-state index contributed by atoms with van der Waals surface area (Å²) in [7, 11) is 1.78. The van der Waals surface area contributed by atoms with Gasteiger partial charge in [-0.05, 0) is 38.6 Å². The van der Waals surface area contributed by atoms with E-state index in [1.807, 2.05) is 0 Å². The second-order valence-corrected chi connectivity index (χ2v) is 27.4. The van der Waals surface area contributed by atoms with E-state index in [0.717, 1.165) is 5.75 Å². The maximum absolute atomic E-state index is 5.87. The van der Waals surface area contributed by atoms with Crippen LogP contribution in [0.5, 0.6) is 5.75 Å². The van der Waals surface area contributed by atoms with Crippen molar-refractivity contribution >= 4 is 51.9 Å². The van der Waals surface area contributed by atoms with E-state index in [2.05, 4.69) is 172 Å². The van der Waals surface area contributed by atoms with Crippen molar-refractivity contribution in [3.63, 3.8) is 0 Å². The summed E-state index contributed by atoms with van der Waals surface area (Å²) in [5.74, 6) is 0.997. The molecule has 0 unspecified atom stereocenters. The minimum Gasteiger partial charge on any atom is -0.165 e. The zero-order chi connectivity index (χ0) is 33.8. The summed E-state index contributed by atoms with van der Waals surface area (Å²) < 4.78 is 5.87. The van der Waals surface area contributed by atoms with E-state index < -0.39 is 0 Å². The van der Waals surface area contributed by atoms with Gasteiger partial charge in [-0.15, -0.1) is 87.8 Å². The number of hydrogen-bond acceptors (Lipinski definition) is 1. The van der Waals surface area contributed by atoms with Crippen LogP contribution in [0.3, 0.4) is 0 Å². The molecule has 1 nitrogen and oxygen atoms in total. The van der Waals surface area contributed by atoms with Crippen molar-refractivity contribution in [1.29, 1.82) is 0 Å². The number of halogens is 2. The van der Waals surface area contributed by atoms with E-state index in [-0.39, 0.29) is 41.1 Å². The maximum Gasteiger partial charge on any atom is -0.0132 e. The number of hydrogen-bond donors (Lipinski definition) is 0. The van der Waals surface area contributed by atoms with Gasteiger partial charge in [-0.25, -0.2) is 0 Å². The van der Waals surface area contributed by atoms with E-state index >= 15 is 0 Å². The maximum atomic E-state index is 5.87. The molecule has 0 aliphatic heterocycles. The van der Waals surface area contributed by atoms with Crippen LogP contribution in [0.1, 0.15) is 63.8 Å². The molecule has 0 aliphatic rings. The van der Waals surface area contributed by atoms with Crippen LogP contribution < -0.4 is 4.74 Å². The second-order valence-electron chi connectivity index (χ2n) is 14.7. The Kier molecular flexibility index (Phi) is 15.2. The first-order valence-electron chi connectivity index (χ1n) is 16.2. The van der Waals surface area contributed by atoms with Crippen molar-refractivity contribution in [3.05, 3.63) is 125 Å². The summed E-state index contributed by atoms with van der Waals surface area (Å²) in [4.78, 5) is 0. The molecule has 6 rings (SSSR count). The van der Waals surface area contributed by atoms with Gasteiger partial charge in [0.1, 0.15) is 5.75 Å². The van der Waals surface area contributed by atoms with Crippen molar-refractivity contribution in [1.82, 2.24) is 0 Å². The fraction of sp³-hybridized carbons (Fsp3) is 0.302. The molecular formula is C43H52Cl2HfOSi. The first kappa shape index (κ1) is 41.7. The normalized spacial score (nSPS) is 11.0. The summed E-state index contributed by atoms with van der Waals surface area (Å²) in [6.07, 6.45) is 0. The molecular weight excluding hydrogens is 810 g/mol. The monoisotopic (exact) mass is 862 g/mol. The van der Waals surface area contributed by atoms with Gasteiger partial charge in [0, 0.05) is 0 Å². The van der Waals surface area contributed by atoms with Crippen molar-refractivity contribution in [2.45, 2.75) is 79.3 Å². The van der Waals surface area contributed by atoms with Gasteiger partial charge in [0.05, 0.1) is 7.11 Å². The van der Waals surface area contributed by atoms with Crippen LogP contribution in [-0.2, 0) is 33.8 Å². The molecule has 0 bridgehead atoms. The Labute approximate surface area is 317 Å². The summed E-state index contributed by atoms with van der Waals surface area (Å²) in [5.41, 5.74) is 10.8. The van der Waals surface area contributed by atoms with Gasteiger partial charge < -0.3 is 4.74 Å². The molecule has 6 aromatic carbocycles. The molecule has 0 aromatic heterocycles. The second kappa shape index (κ2) is 17.5. The molecule has 6 aromatic rings. The molecule has 0 N–H and O–H groups in total. The van der Waals surface area contributed by atoms with Gasteiger partial charge in [-0.3, -0.25) is 0 Å². The van der Waals surface area contributed by atoms with E-state index in [4.69, 9.17) is 4.74 Å². The molecule has 252 valence electrons. The average Bonchev–Trinajstić information content (AvgIpc) is 3.56. The molecule has 0 heterocycles. The Morgan fingerprint density at radius 2 is 1.17 bits per heavy atom. The molecule has 0 fully saturated rings. The fourth-order valence-electron chi connectivity index (χ4n) is 5.94. The smallest absolute Gasteiger partial charge is 0.0132 e. The molecule has 0 saturated carbocycles. The Bertz CT molecular complexity index is 1930. The molecule has 0 aliphatic carbocycles. The largest absolute Gasteiger partial charge is 0.165 e. The predicted molar refractivity (Wildman–Crippen MR) is 215 cm³/mol. The van der Waals surface area contributed by atoms with Gasteiger partial charge in [0.2, 0.25) is 0 Å². The number of methoxy groups -OCH3 is 1. The fourth-order valence-corrected chi connectivity index (χ4v) is 5.94. The SMILES string of the molecule is COc1c(C(C)(C)C)cc2[cH-]c(C)cc2c1-c1ccccc1.C[Si](C)=[Hf+2].Cc1cc2c(-c3ccc(C(C)(C)C)cc3)cccc2[cH-]1.Cl.Cl. The zero-order valence-electron chi connectivity index (χ0n) is 30.5. The van der Waals surface area contributed by atoms with Gasteiger partial charge in [-0.2, -0.15) is 12.1 Å². The average molecular weight is 862 g/mol. The van der Waals surface area contributed by atoms with Crippen LogP contribution >= 0.6 is 24.8 Å². The third-order valence-corrected chi connectivity index (χ3v) is 8.14. The van der Waals surface area contributed by atoms with Crippen LogP contribution in [-0.4, -0.2) is 12.6 Å². The van der Waals surface area contributed by atoms with Crippen LogP contribution in [0.15, 0.2) is 103 Å². The Morgan fingerprint density at radius 1 is 0.625 bits per heavy atom. The van der Waals surface area contributed by atoms with Crippen molar-refractivity contribution in [2.24, 2.45) is 0 Å². The standard InChI is InChI=1S/C21H23O.C20H21.C2H6Si.2ClH.Hf/c1-14-11-16-13-18(21(2,3)4)20(22-5)19(17(16)12-14)15-9-7-6-8-10-15;1-14-12-16-6-5-7-18(19(16)13-14)15-8-10-17(11-9-15)20(2,3)4;1-3-2;;;/h6-13H,1-5H3;5-13H,1-4H3;1-2H3;2*1H;/q2*-1;;;;+2. The van der Waals surface area contributed by atoms with Gasteiger partial charge in [0.25, 0.3) is 0 Å². The third kappa shape index (κ3) is 10.3. The minimum absolute atomic E-state index is 0. The molecule has 0 atom stereocenters. The van der Waals surface area contributed by atoms with E-state index in [1.165, 1.54) is 89.1 Å². The molecule has 0 saturated heterocycles. The Hall–Kier alpha value is -2.43. The Balaban J connectivity index is 0.000000290. The van der Waals surface area contributed by atoms with E-state index in [0.29, 0.717) is 0 Å². The summed E-state index contributed by atoms with van der Waals surface area (Å²) in [6, 6.07) is 37.4. The number of fused-ring (bicyclic) bond motifs is 2. The number of ether oxygens (including phenoxy) is 1. The zero-order valence-corrected chi connectivity index (χ0v) is 36.8.